The number of ether oxygens (including phenoxy) is 1. The van der Waals surface area contributed by atoms with Crippen LogP contribution in [-0.4, -0.2) is 31.2 Å². The van der Waals surface area contributed by atoms with Crippen LogP contribution in [0.5, 0.6) is 0 Å². The number of nitrogens with one attached hydrogen (secondary N) is 2. The van der Waals surface area contributed by atoms with Gasteiger partial charge in [-0.3, -0.25) is 14.9 Å². The number of amides is 1. The van der Waals surface area contributed by atoms with Crippen LogP contribution in [0.15, 0.2) is 0 Å². The van der Waals surface area contributed by atoms with Gasteiger partial charge in [-0.1, -0.05) is 0 Å². The van der Waals surface area contributed by atoms with E-state index in [-0.39, 0.29) is 17.8 Å². The van der Waals surface area contributed by atoms with Gasteiger partial charge in [-0.15, -0.1) is 0 Å². The third kappa shape index (κ3) is 3.70. The molecule has 1 unspecified atom stereocenters. The van der Waals surface area contributed by atoms with Crippen LogP contribution in [-0.2, 0) is 14.3 Å². The maximum atomic E-state index is 11.8. The van der Waals surface area contributed by atoms with Gasteiger partial charge >= 0.3 is 5.97 Å². The maximum Gasteiger partial charge on any atom is 0.312 e. The molecule has 0 radical (unpaired) electrons. The number of carbonyl (C=O) groups excluding carboxylic acids is 2. The lowest BCUT2D eigenvalue weighted by molar-refractivity contribution is -0.162. The van der Waals surface area contributed by atoms with Gasteiger partial charge in [0.15, 0.2) is 6.23 Å². The lowest BCUT2D eigenvalue weighted by atomic mass is 9.97. The molecule has 0 aromatic carbocycles. The van der Waals surface area contributed by atoms with Crippen LogP contribution in [0.3, 0.4) is 0 Å². The van der Waals surface area contributed by atoms with Crippen molar-refractivity contribution < 1.29 is 14.3 Å². The molecule has 5 nitrogen and oxygen atoms in total. The molecule has 98 valence electrons. The van der Waals surface area contributed by atoms with Crippen molar-refractivity contribution in [2.24, 2.45) is 11.3 Å². The molecule has 0 spiro atoms. The topological polar surface area (TPSA) is 67.4 Å². The van der Waals surface area contributed by atoms with Crippen molar-refractivity contribution in [3.8, 4) is 0 Å². The van der Waals surface area contributed by atoms with E-state index in [4.69, 9.17) is 4.74 Å². The van der Waals surface area contributed by atoms with Crippen molar-refractivity contribution in [2.75, 3.05) is 13.1 Å². The summed E-state index contributed by atoms with van der Waals surface area (Å²) < 4.78 is 5.34. The number of esters is 1. The normalized spacial score (nSPS) is 24.5. The summed E-state index contributed by atoms with van der Waals surface area (Å²) >= 11 is 0. The first-order valence-corrected chi connectivity index (χ1v) is 6.08. The van der Waals surface area contributed by atoms with Crippen LogP contribution >= 0.6 is 0 Å². The third-order valence-electron chi connectivity index (χ3n) is 2.70. The molecule has 0 saturated carbocycles. The minimum absolute atomic E-state index is 0.0517. The molecule has 1 amide bonds. The molecule has 1 aliphatic heterocycles. The molecule has 17 heavy (non-hydrogen) atoms. The van der Waals surface area contributed by atoms with Gasteiger partial charge in [0.1, 0.15) is 0 Å². The molecular formula is C12H22N2O3. The Morgan fingerprint density at radius 2 is 2.06 bits per heavy atom. The number of carbonyl (C=O) groups is 2. The molecule has 1 aliphatic rings. The highest BCUT2D eigenvalue weighted by atomic mass is 16.6. The lowest BCUT2D eigenvalue weighted by Gasteiger charge is -2.24. The van der Waals surface area contributed by atoms with Gasteiger partial charge < -0.3 is 10.1 Å². The van der Waals surface area contributed by atoms with E-state index in [0.29, 0.717) is 19.5 Å². The van der Waals surface area contributed by atoms with Crippen LogP contribution in [0.4, 0.5) is 0 Å². The molecule has 2 atom stereocenters. The summed E-state index contributed by atoms with van der Waals surface area (Å²) in [6.07, 6.45) is 0.210. The minimum atomic E-state index is -0.546. The average Bonchev–Trinajstić information content (AvgIpc) is 2.64. The number of hydrogen-bond donors (Lipinski definition) is 2. The Bertz CT molecular complexity index is 297. The Kier molecular flexibility index (Phi) is 4.51. The zero-order valence-electron chi connectivity index (χ0n) is 11.0. The summed E-state index contributed by atoms with van der Waals surface area (Å²) in [5.74, 6) is -0.614. The Morgan fingerprint density at radius 1 is 1.41 bits per heavy atom. The standard InChI is InChI=1S/C12H22N2O3/c1-5-13-9(15)8-6-7-14-10(8)17-11(16)12(2,3)4/h8,10,14H,5-7H2,1-4H3,(H,13,15)/t8-,10?/m0/s1. The highest BCUT2D eigenvalue weighted by molar-refractivity contribution is 5.80. The molecule has 0 aromatic rings. The van der Waals surface area contributed by atoms with Crippen LogP contribution in [0.2, 0.25) is 0 Å². The van der Waals surface area contributed by atoms with Crippen LogP contribution < -0.4 is 10.6 Å². The fourth-order valence-electron chi connectivity index (χ4n) is 1.66. The average molecular weight is 242 g/mol. The maximum absolute atomic E-state index is 11.8. The van der Waals surface area contributed by atoms with Crippen molar-refractivity contribution >= 4 is 11.9 Å². The van der Waals surface area contributed by atoms with Crippen LogP contribution in [0.25, 0.3) is 0 Å². The van der Waals surface area contributed by atoms with Gasteiger partial charge in [-0.05, 0) is 40.7 Å². The molecule has 1 heterocycles. The zero-order valence-corrected chi connectivity index (χ0v) is 11.0. The van der Waals surface area contributed by atoms with Gasteiger partial charge in [0.05, 0.1) is 11.3 Å². The molecule has 0 aliphatic carbocycles. The molecule has 1 saturated heterocycles. The van der Waals surface area contributed by atoms with Gasteiger partial charge in [-0.2, -0.15) is 0 Å². The molecule has 5 heteroatoms. The van der Waals surface area contributed by atoms with Crippen molar-refractivity contribution in [2.45, 2.75) is 40.3 Å². The summed E-state index contributed by atoms with van der Waals surface area (Å²) in [6, 6.07) is 0. The quantitative estimate of drug-likeness (QED) is 0.713. The summed E-state index contributed by atoms with van der Waals surface area (Å²) in [4.78, 5) is 23.5. The monoisotopic (exact) mass is 242 g/mol. The van der Waals surface area contributed by atoms with E-state index in [1.807, 2.05) is 6.92 Å². The van der Waals surface area contributed by atoms with Gasteiger partial charge in [0.25, 0.3) is 0 Å². The van der Waals surface area contributed by atoms with Gasteiger partial charge in [-0.25, -0.2) is 0 Å². The molecule has 0 bridgehead atoms. The smallest absolute Gasteiger partial charge is 0.312 e. The van der Waals surface area contributed by atoms with E-state index < -0.39 is 11.6 Å². The Balaban J connectivity index is 2.58. The first-order valence-electron chi connectivity index (χ1n) is 6.08. The summed E-state index contributed by atoms with van der Waals surface area (Å²) in [7, 11) is 0. The fraction of sp³-hybridized carbons (Fsp3) is 0.833. The number of rotatable bonds is 3. The SMILES string of the molecule is CCNC(=O)[C@@H]1CCNC1OC(=O)C(C)(C)C. The third-order valence-corrected chi connectivity index (χ3v) is 2.70. The van der Waals surface area contributed by atoms with E-state index >= 15 is 0 Å². The second-order valence-electron chi connectivity index (χ2n) is 5.32. The van der Waals surface area contributed by atoms with E-state index in [0.717, 1.165) is 0 Å². The predicted molar refractivity (Wildman–Crippen MR) is 64.1 cm³/mol. The Labute approximate surface area is 102 Å². The summed E-state index contributed by atoms with van der Waals surface area (Å²) in [5, 5.41) is 5.80. The highest BCUT2D eigenvalue weighted by Crippen LogP contribution is 2.22. The largest absolute Gasteiger partial charge is 0.445 e. The van der Waals surface area contributed by atoms with Crippen molar-refractivity contribution in [1.29, 1.82) is 0 Å². The Hall–Kier alpha value is -1.10. The van der Waals surface area contributed by atoms with Crippen molar-refractivity contribution in [3.05, 3.63) is 0 Å². The Morgan fingerprint density at radius 3 is 2.59 bits per heavy atom. The first-order chi connectivity index (χ1) is 7.86. The first kappa shape index (κ1) is 14.0. The van der Waals surface area contributed by atoms with Gasteiger partial charge in [0.2, 0.25) is 5.91 Å². The van der Waals surface area contributed by atoms with E-state index in [2.05, 4.69) is 10.6 Å². The lowest BCUT2D eigenvalue weighted by Crippen LogP contribution is -2.42. The second kappa shape index (κ2) is 5.49. The van der Waals surface area contributed by atoms with Crippen molar-refractivity contribution in [3.63, 3.8) is 0 Å². The van der Waals surface area contributed by atoms with Crippen molar-refractivity contribution in [1.82, 2.24) is 10.6 Å². The van der Waals surface area contributed by atoms with E-state index in [9.17, 15) is 9.59 Å². The van der Waals surface area contributed by atoms with E-state index in [1.165, 1.54) is 0 Å². The summed E-state index contributed by atoms with van der Waals surface area (Å²) in [5.41, 5.74) is -0.546. The highest BCUT2D eigenvalue weighted by Gasteiger charge is 2.37. The van der Waals surface area contributed by atoms with Crippen LogP contribution in [0.1, 0.15) is 34.1 Å². The van der Waals surface area contributed by atoms with Crippen LogP contribution in [0, 0.1) is 11.3 Å². The van der Waals surface area contributed by atoms with E-state index in [1.54, 1.807) is 20.8 Å². The second-order valence-corrected chi connectivity index (χ2v) is 5.32. The molecular weight excluding hydrogens is 220 g/mol. The number of hydrogen-bond acceptors (Lipinski definition) is 4. The predicted octanol–water partition coefficient (Wildman–Crippen LogP) is 0.647. The molecule has 0 aromatic heterocycles. The summed E-state index contributed by atoms with van der Waals surface area (Å²) in [6.45, 7) is 8.55. The van der Waals surface area contributed by atoms with Gasteiger partial charge in [0, 0.05) is 6.54 Å². The molecule has 2 N–H and O–H groups in total. The fourth-order valence-corrected chi connectivity index (χ4v) is 1.66. The molecule has 1 rings (SSSR count). The minimum Gasteiger partial charge on any atom is -0.445 e. The zero-order chi connectivity index (χ0) is 13.1. The molecule has 1 fully saturated rings.